The molecular formula is C24H20N2O. The highest BCUT2D eigenvalue weighted by atomic mass is 16.1. The molecule has 0 unspecified atom stereocenters. The van der Waals surface area contributed by atoms with Crippen molar-refractivity contribution in [3.8, 4) is 22.5 Å². The van der Waals surface area contributed by atoms with Gasteiger partial charge in [-0.2, -0.15) is 0 Å². The number of carbonyl (C=O) groups excluding carboxylic acids is 1. The summed E-state index contributed by atoms with van der Waals surface area (Å²) in [6, 6.07) is 29.9. The predicted molar refractivity (Wildman–Crippen MR) is 109 cm³/mol. The maximum Gasteiger partial charge on any atom is 0.202 e. The van der Waals surface area contributed by atoms with Gasteiger partial charge in [0.15, 0.2) is 5.82 Å². The van der Waals surface area contributed by atoms with Crippen LogP contribution in [0, 0.1) is 0 Å². The minimum atomic E-state index is 0.0167. The van der Waals surface area contributed by atoms with Crippen LogP contribution >= 0.6 is 0 Å². The van der Waals surface area contributed by atoms with E-state index < -0.39 is 0 Å². The maximum absolute atomic E-state index is 13.0. The van der Waals surface area contributed by atoms with Gasteiger partial charge in [0.2, 0.25) is 5.78 Å². The van der Waals surface area contributed by atoms with Gasteiger partial charge in [0.05, 0.1) is 11.4 Å². The molecule has 0 fully saturated rings. The molecule has 4 aromatic rings. The minimum Gasteiger partial charge on any atom is -0.324 e. The van der Waals surface area contributed by atoms with Crippen molar-refractivity contribution in [1.29, 1.82) is 0 Å². The van der Waals surface area contributed by atoms with E-state index in [2.05, 4.69) is 12.1 Å². The van der Waals surface area contributed by atoms with Crippen LogP contribution in [0.3, 0.4) is 0 Å². The Morgan fingerprint density at radius 1 is 0.778 bits per heavy atom. The molecule has 0 aliphatic heterocycles. The molecule has 4 rings (SSSR count). The second kappa shape index (κ2) is 7.42. The molecule has 0 radical (unpaired) electrons. The summed E-state index contributed by atoms with van der Waals surface area (Å²) in [4.78, 5) is 17.7. The number of ketones is 1. The number of hydrogen-bond donors (Lipinski definition) is 0. The first-order valence-corrected chi connectivity index (χ1v) is 8.98. The van der Waals surface area contributed by atoms with Gasteiger partial charge in [0.1, 0.15) is 0 Å². The van der Waals surface area contributed by atoms with E-state index in [1.54, 1.807) is 0 Å². The highest BCUT2D eigenvalue weighted by Crippen LogP contribution is 2.32. The molecule has 3 heteroatoms. The maximum atomic E-state index is 13.0. The average Bonchev–Trinajstić information content (AvgIpc) is 3.07. The first-order chi connectivity index (χ1) is 13.2. The number of Topliss-reactive ketones (excluding diaryl/α,β-unsaturated/α-hetero) is 1. The van der Waals surface area contributed by atoms with Crippen molar-refractivity contribution >= 4 is 5.78 Å². The van der Waals surface area contributed by atoms with Crippen LogP contribution in [0.25, 0.3) is 22.5 Å². The summed E-state index contributed by atoms with van der Waals surface area (Å²) in [5.74, 6) is 0.500. The van der Waals surface area contributed by atoms with Crippen LogP contribution in [0.15, 0.2) is 91.0 Å². The monoisotopic (exact) mass is 352 g/mol. The SMILES string of the molecule is Cn1c(C(=O)Cc2ccccc2)nc(-c2ccccc2)c1-c1ccccc1. The fraction of sp³-hybridized carbons (Fsp3) is 0.0833. The molecule has 1 heterocycles. The normalized spacial score (nSPS) is 10.7. The number of imidazole rings is 1. The second-order valence-corrected chi connectivity index (χ2v) is 6.51. The summed E-state index contributed by atoms with van der Waals surface area (Å²) >= 11 is 0. The van der Waals surface area contributed by atoms with Crippen molar-refractivity contribution in [1.82, 2.24) is 9.55 Å². The number of rotatable bonds is 5. The first kappa shape index (κ1) is 17.0. The third kappa shape index (κ3) is 3.44. The van der Waals surface area contributed by atoms with E-state index in [-0.39, 0.29) is 5.78 Å². The van der Waals surface area contributed by atoms with Crippen LogP contribution in [-0.4, -0.2) is 15.3 Å². The third-order valence-corrected chi connectivity index (χ3v) is 4.65. The number of hydrogen-bond acceptors (Lipinski definition) is 2. The average molecular weight is 352 g/mol. The van der Waals surface area contributed by atoms with E-state index in [1.807, 2.05) is 90.5 Å². The molecule has 3 nitrogen and oxygen atoms in total. The summed E-state index contributed by atoms with van der Waals surface area (Å²) in [6.45, 7) is 0. The Hall–Kier alpha value is -3.46. The topological polar surface area (TPSA) is 34.9 Å². The zero-order chi connectivity index (χ0) is 18.6. The molecule has 0 spiro atoms. The van der Waals surface area contributed by atoms with Gasteiger partial charge in [0.25, 0.3) is 0 Å². The highest BCUT2D eigenvalue weighted by molar-refractivity contribution is 5.97. The molecule has 0 aliphatic carbocycles. The van der Waals surface area contributed by atoms with Crippen molar-refractivity contribution in [2.75, 3.05) is 0 Å². The molecule has 0 N–H and O–H groups in total. The summed E-state index contributed by atoms with van der Waals surface area (Å²) in [7, 11) is 1.92. The van der Waals surface area contributed by atoms with Gasteiger partial charge in [-0.1, -0.05) is 91.0 Å². The Bertz CT molecular complexity index is 1050. The van der Waals surface area contributed by atoms with E-state index in [1.165, 1.54) is 0 Å². The molecule has 0 saturated heterocycles. The molecule has 0 bridgehead atoms. The van der Waals surface area contributed by atoms with Crippen molar-refractivity contribution in [3.63, 3.8) is 0 Å². The highest BCUT2D eigenvalue weighted by Gasteiger charge is 2.22. The molecule has 1 aromatic heterocycles. The quantitative estimate of drug-likeness (QED) is 0.464. The Balaban J connectivity index is 1.82. The Morgan fingerprint density at radius 3 is 1.89 bits per heavy atom. The van der Waals surface area contributed by atoms with E-state index >= 15 is 0 Å². The zero-order valence-electron chi connectivity index (χ0n) is 15.2. The van der Waals surface area contributed by atoms with Gasteiger partial charge in [-0.3, -0.25) is 4.79 Å². The van der Waals surface area contributed by atoms with E-state index in [9.17, 15) is 4.79 Å². The smallest absolute Gasteiger partial charge is 0.202 e. The summed E-state index contributed by atoms with van der Waals surface area (Å²) in [5, 5.41) is 0. The van der Waals surface area contributed by atoms with E-state index in [0.29, 0.717) is 12.2 Å². The van der Waals surface area contributed by atoms with Crippen LogP contribution in [0.4, 0.5) is 0 Å². The van der Waals surface area contributed by atoms with Crippen molar-refractivity contribution in [2.24, 2.45) is 7.05 Å². The largest absolute Gasteiger partial charge is 0.324 e. The van der Waals surface area contributed by atoms with Crippen molar-refractivity contribution in [2.45, 2.75) is 6.42 Å². The van der Waals surface area contributed by atoms with Crippen molar-refractivity contribution < 1.29 is 4.79 Å². The van der Waals surface area contributed by atoms with Gasteiger partial charge in [-0.15, -0.1) is 0 Å². The van der Waals surface area contributed by atoms with Gasteiger partial charge in [0, 0.05) is 24.6 Å². The molecule has 0 aliphatic rings. The fourth-order valence-electron chi connectivity index (χ4n) is 3.33. The summed E-state index contributed by atoms with van der Waals surface area (Å²) < 4.78 is 1.92. The van der Waals surface area contributed by atoms with Gasteiger partial charge in [-0.25, -0.2) is 4.98 Å². The fourth-order valence-corrected chi connectivity index (χ4v) is 3.33. The molecule has 3 aromatic carbocycles. The summed E-state index contributed by atoms with van der Waals surface area (Å²) in [6.07, 6.45) is 0.341. The minimum absolute atomic E-state index is 0.0167. The number of carbonyl (C=O) groups is 1. The van der Waals surface area contributed by atoms with Gasteiger partial charge < -0.3 is 4.57 Å². The van der Waals surface area contributed by atoms with Crippen LogP contribution in [0.1, 0.15) is 16.2 Å². The Labute approximate surface area is 158 Å². The first-order valence-electron chi connectivity index (χ1n) is 8.98. The van der Waals surface area contributed by atoms with Crippen LogP contribution in [-0.2, 0) is 13.5 Å². The Kier molecular flexibility index (Phi) is 4.67. The van der Waals surface area contributed by atoms with Crippen LogP contribution in [0.2, 0.25) is 0 Å². The third-order valence-electron chi connectivity index (χ3n) is 4.65. The van der Waals surface area contributed by atoms with Gasteiger partial charge >= 0.3 is 0 Å². The summed E-state index contributed by atoms with van der Waals surface area (Å²) in [5.41, 5.74) is 4.84. The second-order valence-electron chi connectivity index (χ2n) is 6.51. The zero-order valence-corrected chi connectivity index (χ0v) is 15.2. The number of aromatic nitrogens is 2. The molecule has 0 saturated carbocycles. The predicted octanol–water partition coefficient (Wildman–Crippen LogP) is 5.18. The van der Waals surface area contributed by atoms with E-state index in [0.717, 1.165) is 28.1 Å². The number of benzene rings is 3. The standard InChI is InChI=1S/C24H20N2O/c1-26-23(20-15-9-4-10-16-20)22(19-13-7-3-8-14-19)25-24(26)21(27)17-18-11-5-2-6-12-18/h2-16H,17H2,1H3. The molecule has 0 atom stereocenters. The molecule has 132 valence electrons. The lowest BCUT2D eigenvalue weighted by Crippen LogP contribution is -2.11. The van der Waals surface area contributed by atoms with Crippen molar-refractivity contribution in [3.05, 3.63) is 102 Å². The Morgan fingerprint density at radius 2 is 1.30 bits per heavy atom. The lowest BCUT2D eigenvalue weighted by Gasteiger charge is -2.08. The van der Waals surface area contributed by atoms with Crippen LogP contribution in [0.5, 0.6) is 0 Å². The van der Waals surface area contributed by atoms with Gasteiger partial charge in [-0.05, 0) is 5.56 Å². The lowest BCUT2D eigenvalue weighted by atomic mass is 10.1. The molecule has 27 heavy (non-hydrogen) atoms. The molecule has 0 amide bonds. The van der Waals surface area contributed by atoms with E-state index in [4.69, 9.17) is 4.98 Å². The number of nitrogens with zero attached hydrogens (tertiary/aromatic N) is 2. The van der Waals surface area contributed by atoms with Crippen LogP contribution < -0.4 is 0 Å². The lowest BCUT2D eigenvalue weighted by molar-refractivity contribution is 0.0980. The molecular weight excluding hydrogens is 332 g/mol.